The van der Waals surface area contributed by atoms with Crippen molar-refractivity contribution in [2.45, 2.75) is 71.5 Å². The summed E-state index contributed by atoms with van der Waals surface area (Å²) in [5.74, 6) is 2.89. The minimum atomic E-state index is -1.69. The molecule has 0 aliphatic rings. The smallest absolute Gasteiger partial charge is 0.317 e. The maximum Gasteiger partial charge on any atom is 0.317 e. The Balaban J connectivity index is 5.02. The summed E-state index contributed by atoms with van der Waals surface area (Å²) in [5.41, 5.74) is 5.32. The summed E-state index contributed by atoms with van der Waals surface area (Å²) in [6.07, 6.45) is 0.231. The molecule has 0 bridgehead atoms. The van der Waals surface area contributed by atoms with Gasteiger partial charge >= 0.3 is 5.97 Å². The molecule has 18 heavy (non-hydrogen) atoms. The first-order chi connectivity index (χ1) is 8.28. The zero-order chi connectivity index (χ0) is 14.3. The summed E-state index contributed by atoms with van der Waals surface area (Å²) >= 11 is 0. The number of carbonyl (C=O) groups is 1. The summed E-state index contributed by atoms with van der Waals surface area (Å²) in [6.45, 7) is 15.9. The summed E-state index contributed by atoms with van der Waals surface area (Å²) in [7, 11) is -1.69. The molecule has 0 aromatic heterocycles. The van der Waals surface area contributed by atoms with Crippen molar-refractivity contribution in [3.05, 3.63) is 0 Å². The van der Waals surface area contributed by atoms with Crippen LogP contribution in [0.25, 0.3) is 0 Å². The van der Waals surface area contributed by atoms with Crippen molar-refractivity contribution in [2.75, 3.05) is 6.61 Å². The van der Waals surface area contributed by atoms with Crippen LogP contribution in [0.15, 0.2) is 0 Å². The largest absolute Gasteiger partial charge is 0.465 e. The van der Waals surface area contributed by atoms with E-state index in [1.54, 1.807) is 0 Å². The normalized spacial score (nSPS) is 11.7. The Morgan fingerprint density at radius 3 is 1.83 bits per heavy atom. The first kappa shape index (κ1) is 17.2. The Morgan fingerprint density at radius 2 is 1.50 bits per heavy atom. The third-order valence-corrected chi connectivity index (χ3v) is 10.1. The number of hydrogen-bond donors (Lipinski definition) is 0. The molecule has 104 valence electrons. The maximum absolute atomic E-state index is 11.3. The van der Waals surface area contributed by atoms with Gasteiger partial charge in [0, 0.05) is 0 Å². The van der Waals surface area contributed by atoms with Crippen LogP contribution < -0.4 is 0 Å². The fourth-order valence-electron chi connectivity index (χ4n) is 2.91. The number of hydrogen-bond acceptors (Lipinski definition) is 2. The highest BCUT2D eigenvalue weighted by Gasteiger charge is 2.41. The average Bonchev–Trinajstić information content (AvgIpc) is 2.23. The van der Waals surface area contributed by atoms with Crippen molar-refractivity contribution >= 4 is 14.0 Å². The zero-order valence-electron chi connectivity index (χ0n) is 13.0. The summed E-state index contributed by atoms with van der Waals surface area (Å²) in [5, 5.41) is 0. The highest BCUT2D eigenvalue weighted by atomic mass is 28.3. The first-order valence-corrected chi connectivity index (χ1v) is 9.17. The Bertz CT molecular complexity index is 299. The van der Waals surface area contributed by atoms with Crippen molar-refractivity contribution in [3.8, 4) is 11.5 Å². The molecular formula is C15H28O2Si. The standard InChI is InChI=1S/C15H28O2Si/c1-8-17-15(16)10-9-11-18(12(2)3,13(4)5)14(6)7/h12-14H,8,10H2,1-7H3. The van der Waals surface area contributed by atoms with Crippen molar-refractivity contribution < 1.29 is 9.53 Å². The second-order valence-electron chi connectivity index (χ2n) is 5.68. The average molecular weight is 268 g/mol. The number of rotatable bonds is 5. The molecule has 0 saturated heterocycles. The minimum absolute atomic E-state index is 0.204. The third kappa shape index (κ3) is 4.17. The molecule has 0 aromatic rings. The van der Waals surface area contributed by atoms with Crippen molar-refractivity contribution in [1.29, 1.82) is 0 Å². The molecule has 0 unspecified atom stereocenters. The van der Waals surface area contributed by atoms with E-state index in [0.717, 1.165) is 0 Å². The highest BCUT2D eigenvalue weighted by Crippen LogP contribution is 2.40. The molecule has 0 saturated carbocycles. The Morgan fingerprint density at radius 1 is 1.06 bits per heavy atom. The number of carbonyl (C=O) groups excluding carboxylic acids is 1. The molecule has 0 aliphatic carbocycles. The zero-order valence-corrected chi connectivity index (χ0v) is 14.0. The monoisotopic (exact) mass is 268 g/mol. The third-order valence-electron chi connectivity index (χ3n) is 3.71. The van der Waals surface area contributed by atoms with Gasteiger partial charge in [-0.25, -0.2) is 0 Å². The molecule has 0 heterocycles. The van der Waals surface area contributed by atoms with Crippen LogP contribution >= 0.6 is 0 Å². The summed E-state index contributed by atoms with van der Waals surface area (Å²) < 4.78 is 4.91. The Kier molecular flexibility index (Phi) is 7.31. The van der Waals surface area contributed by atoms with E-state index in [-0.39, 0.29) is 12.4 Å². The van der Waals surface area contributed by atoms with Crippen LogP contribution in [0, 0.1) is 11.5 Å². The van der Waals surface area contributed by atoms with E-state index in [4.69, 9.17) is 4.74 Å². The lowest BCUT2D eigenvalue weighted by Gasteiger charge is -2.38. The lowest BCUT2D eigenvalue weighted by molar-refractivity contribution is -0.141. The van der Waals surface area contributed by atoms with Gasteiger partial charge in [-0.3, -0.25) is 4.79 Å². The number of esters is 1. The SMILES string of the molecule is CCOC(=O)CC#C[Si](C(C)C)(C(C)C)C(C)C. The summed E-state index contributed by atoms with van der Waals surface area (Å²) in [6, 6.07) is 0. The van der Waals surface area contributed by atoms with Crippen LogP contribution in [0.4, 0.5) is 0 Å². The van der Waals surface area contributed by atoms with Gasteiger partial charge < -0.3 is 4.74 Å². The molecular weight excluding hydrogens is 240 g/mol. The highest BCUT2D eigenvalue weighted by molar-refractivity contribution is 6.90. The van der Waals surface area contributed by atoms with Crippen LogP contribution in [0.5, 0.6) is 0 Å². The van der Waals surface area contributed by atoms with Crippen LogP contribution in [-0.2, 0) is 9.53 Å². The fourth-order valence-corrected chi connectivity index (χ4v) is 8.18. The molecule has 3 heteroatoms. The quantitative estimate of drug-likeness (QED) is 0.425. The predicted molar refractivity (Wildman–Crippen MR) is 80.1 cm³/mol. The van der Waals surface area contributed by atoms with Crippen LogP contribution in [-0.4, -0.2) is 20.7 Å². The van der Waals surface area contributed by atoms with E-state index in [1.165, 1.54) is 0 Å². The van der Waals surface area contributed by atoms with Crippen molar-refractivity contribution in [3.63, 3.8) is 0 Å². The van der Waals surface area contributed by atoms with E-state index in [0.29, 0.717) is 23.2 Å². The van der Waals surface area contributed by atoms with Gasteiger partial charge in [0.15, 0.2) is 0 Å². The van der Waals surface area contributed by atoms with Crippen LogP contribution in [0.2, 0.25) is 16.6 Å². The predicted octanol–water partition coefficient (Wildman–Crippen LogP) is 4.16. The fraction of sp³-hybridized carbons (Fsp3) is 0.800. The lowest BCUT2D eigenvalue weighted by Crippen LogP contribution is -2.43. The molecule has 0 aliphatic heterocycles. The van der Waals surface area contributed by atoms with Gasteiger partial charge in [0.2, 0.25) is 0 Å². The second-order valence-corrected chi connectivity index (χ2v) is 11.3. The van der Waals surface area contributed by atoms with E-state index in [1.807, 2.05) is 6.92 Å². The van der Waals surface area contributed by atoms with Gasteiger partial charge in [-0.2, -0.15) is 0 Å². The van der Waals surface area contributed by atoms with Gasteiger partial charge in [0.25, 0.3) is 0 Å². The van der Waals surface area contributed by atoms with Gasteiger partial charge in [0.05, 0.1) is 6.61 Å². The maximum atomic E-state index is 11.3. The molecule has 0 aromatic carbocycles. The number of ether oxygens (including phenoxy) is 1. The molecule has 0 rings (SSSR count). The van der Waals surface area contributed by atoms with Crippen molar-refractivity contribution in [1.82, 2.24) is 0 Å². The van der Waals surface area contributed by atoms with Crippen molar-refractivity contribution in [2.24, 2.45) is 0 Å². The van der Waals surface area contributed by atoms with Gasteiger partial charge in [-0.15, -0.1) is 5.54 Å². The lowest BCUT2D eigenvalue weighted by atomic mass is 10.5. The topological polar surface area (TPSA) is 26.3 Å². The molecule has 0 amide bonds. The summed E-state index contributed by atoms with van der Waals surface area (Å²) in [4.78, 5) is 11.3. The van der Waals surface area contributed by atoms with E-state index >= 15 is 0 Å². The Hall–Kier alpha value is -0.753. The van der Waals surface area contributed by atoms with Gasteiger partial charge in [-0.05, 0) is 23.5 Å². The van der Waals surface area contributed by atoms with E-state index < -0.39 is 8.07 Å². The molecule has 0 fully saturated rings. The molecule has 0 N–H and O–H groups in total. The first-order valence-electron chi connectivity index (χ1n) is 6.94. The van der Waals surface area contributed by atoms with Gasteiger partial charge in [0.1, 0.15) is 14.5 Å². The molecule has 0 spiro atoms. The molecule has 0 radical (unpaired) electrons. The molecule has 0 atom stereocenters. The van der Waals surface area contributed by atoms with Crippen LogP contribution in [0.1, 0.15) is 54.9 Å². The van der Waals surface area contributed by atoms with E-state index in [2.05, 4.69) is 53.0 Å². The second kappa shape index (κ2) is 7.63. The van der Waals surface area contributed by atoms with Crippen LogP contribution in [0.3, 0.4) is 0 Å². The molecule has 2 nitrogen and oxygen atoms in total. The van der Waals surface area contributed by atoms with E-state index in [9.17, 15) is 4.79 Å². The Labute approximate surface area is 114 Å². The van der Waals surface area contributed by atoms with Gasteiger partial charge in [-0.1, -0.05) is 47.5 Å². The minimum Gasteiger partial charge on any atom is -0.465 e.